The van der Waals surface area contributed by atoms with Gasteiger partial charge in [-0.3, -0.25) is 4.79 Å². The Morgan fingerprint density at radius 1 is 1.56 bits per heavy atom. The summed E-state index contributed by atoms with van der Waals surface area (Å²) in [7, 11) is 0. The highest BCUT2D eigenvalue weighted by atomic mass is 32.1. The topological polar surface area (TPSA) is 66.4 Å². The van der Waals surface area contributed by atoms with Crippen LogP contribution < -0.4 is 5.32 Å². The number of amides is 1. The molecule has 0 radical (unpaired) electrons. The van der Waals surface area contributed by atoms with Crippen molar-refractivity contribution in [1.82, 2.24) is 5.32 Å². The number of carboxylic acid groups (broad SMARTS) is 1. The molecule has 1 amide bonds. The van der Waals surface area contributed by atoms with Crippen LogP contribution in [0.3, 0.4) is 0 Å². The monoisotopic (exact) mass is 241 g/mol. The largest absolute Gasteiger partial charge is 0.480 e. The van der Waals surface area contributed by atoms with Crippen molar-refractivity contribution in [3.8, 4) is 0 Å². The van der Waals surface area contributed by atoms with E-state index in [2.05, 4.69) is 5.32 Å². The third-order valence-electron chi connectivity index (χ3n) is 2.16. The molecule has 5 heteroatoms. The van der Waals surface area contributed by atoms with Crippen LogP contribution in [0.1, 0.15) is 25.3 Å². The summed E-state index contributed by atoms with van der Waals surface area (Å²) < 4.78 is 0. The summed E-state index contributed by atoms with van der Waals surface area (Å²) in [6.45, 7) is 1.89. The minimum atomic E-state index is -0.972. The van der Waals surface area contributed by atoms with Gasteiger partial charge in [-0.05, 0) is 28.8 Å². The Labute approximate surface area is 98.3 Å². The third-order valence-corrected chi connectivity index (χ3v) is 2.89. The average molecular weight is 241 g/mol. The summed E-state index contributed by atoms with van der Waals surface area (Å²) in [6.07, 6.45) is 1.44. The lowest BCUT2D eigenvalue weighted by Gasteiger charge is -2.12. The van der Waals surface area contributed by atoms with Crippen LogP contribution >= 0.6 is 11.3 Å². The molecule has 0 spiro atoms. The van der Waals surface area contributed by atoms with Crippen LogP contribution in [-0.4, -0.2) is 23.0 Å². The number of hydrogen-bond donors (Lipinski definition) is 2. The summed E-state index contributed by atoms with van der Waals surface area (Å²) in [5.41, 5.74) is 0.920. The second-order valence-electron chi connectivity index (χ2n) is 3.56. The van der Waals surface area contributed by atoms with Crippen LogP contribution in [0.4, 0.5) is 0 Å². The Morgan fingerprint density at radius 3 is 2.81 bits per heavy atom. The lowest BCUT2D eigenvalue weighted by molar-refractivity contribution is -0.141. The first-order valence-corrected chi connectivity index (χ1v) is 6.11. The molecule has 0 bridgehead atoms. The van der Waals surface area contributed by atoms with Gasteiger partial charge in [-0.15, -0.1) is 0 Å². The van der Waals surface area contributed by atoms with Gasteiger partial charge >= 0.3 is 5.97 Å². The minimum absolute atomic E-state index is 0.237. The normalized spacial score (nSPS) is 12.1. The quantitative estimate of drug-likeness (QED) is 0.796. The van der Waals surface area contributed by atoms with Gasteiger partial charge < -0.3 is 10.4 Å². The highest BCUT2D eigenvalue weighted by molar-refractivity contribution is 7.07. The maximum absolute atomic E-state index is 11.5. The van der Waals surface area contributed by atoms with Crippen LogP contribution in [0.15, 0.2) is 16.8 Å². The Balaban J connectivity index is 2.45. The van der Waals surface area contributed by atoms with E-state index in [1.165, 1.54) is 11.3 Å². The molecule has 16 heavy (non-hydrogen) atoms. The summed E-state index contributed by atoms with van der Waals surface area (Å²) in [6, 6.07) is 1.09. The summed E-state index contributed by atoms with van der Waals surface area (Å²) in [5.74, 6) is -1.21. The molecule has 2 N–H and O–H groups in total. The molecule has 1 rings (SSSR count). The second kappa shape index (κ2) is 6.27. The first-order chi connectivity index (χ1) is 7.63. The van der Waals surface area contributed by atoms with Crippen LogP contribution in [0.5, 0.6) is 0 Å². The van der Waals surface area contributed by atoms with E-state index in [-0.39, 0.29) is 12.3 Å². The molecule has 0 aromatic carbocycles. The third kappa shape index (κ3) is 4.02. The van der Waals surface area contributed by atoms with E-state index in [9.17, 15) is 9.59 Å². The fourth-order valence-electron chi connectivity index (χ4n) is 1.37. The number of rotatable bonds is 6. The number of hydrogen-bond acceptors (Lipinski definition) is 3. The zero-order valence-electron chi connectivity index (χ0n) is 9.10. The number of thiophene rings is 1. The smallest absolute Gasteiger partial charge is 0.326 e. The summed E-state index contributed by atoms with van der Waals surface area (Å²) in [5, 5.41) is 15.2. The molecule has 0 aliphatic carbocycles. The predicted octanol–water partition coefficient (Wildman–Crippen LogP) is 1.66. The van der Waals surface area contributed by atoms with Gasteiger partial charge in [-0.1, -0.05) is 13.3 Å². The average Bonchev–Trinajstić information content (AvgIpc) is 2.69. The molecule has 0 fully saturated rings. The van der Waals surface area contributed by atoms with E-state index in [1.807, 2.05) is 23.8 Å². The van der Waals surface area contributed by atoms with E-state index in [1.54, 1.807) is 0 Å². The second-order valence-corrected chi connectivity index (χ2v) is 4.34. The maximum Gasteiger partial charge on any atom is 0.326 e. The van der Waals surface area contributed by atoms with Crippen molar-refractivity contribution >= 4 is 23.2 Å². The highest BCUT2D eigenvalue weighted by Crippen LogP contribution is 2.07. The number of nitrogens with one attached hydrogen (secondary N) is 1. The molecular formula is C11H15NO3S. The zero-order valence-corrected chi connectivity index (χ0v) is 9.92. The fraction of sp³-hybridized carbons (Fsp3) is 0.455. The molecule has 1 unspecified atom stereocenters. The van der Waals surface area contributed by atoms with Crippen LogP contribution in [0.25, 0.3) is 0 Å². The SMILES string of the molecule is CCCC(NC(=O)Cc1ccsc1)C(=O)O. The van der Waals surface area contributed by atoms with Gasteiger partial charge in [0.15, 0.2) is 0 Å². The van der Waals surface area contributed by atoms with Gasteiger partial charge in [-0.2, -0.15) is 11.3 Å². The molecule has 0 aliphatic rings. The minimum Gasteiger partial charge on any atom is -0.480 e. The van der Waals surface area contributed by atoms with E-state index in [0.717, 1.165) is 12.0 Å². The molecule has 0 saturated heterocycles. The zero-order chi connectivity index (χ0) is 12.0. The van der Waals surface area contributed by atoms with Crippen LogP contribution in [0.2, 0.25) is 0 Å². The molecule has 4 nitrogen and oxygen atoms in total. The van der Waals surface area contributed by atoms with Crippen molar-refractivity contribution in [3.63, 3.8) is 0 Å². The number of aliphatic carboxylic acids is 1. The Bertz CT molecular complexity index is 348. The van der Waals surface area contributed by atoms with Crippen molar-refractivity contribution < 1.29 is 14.7 Å². The molecular weight excluding hydrogens is 226 g/mol. The van der Waals surface area contributed by atoms with Gasteiger partial charge in [-0.25, -0.2) is 4.79 Å². The molecule has 1 heterocycles. The maximum atomic E-state index is 11.5. The molecule has 88 valence electrons. The van der Waals surface area contributed by atoms with Gasteiger partial charge in [0, 0.05) is 0 Å². The number of carboxylic acids is 1. The van der Waals surface area contributed by atoms with Gasteiger partial charge in [0.1, 0.15) is 6.04 Å². The van der Waals surface area contributed by atoms with Gasteiger partial charge in [0.05, 0.1) is 6.42 Å². The molecule has 1 aromatic heterocycles. The predicted molar refractivity (Wildman–Crippen MR) is 62.5 cm³/mol. The van der Waals surface area contributed by atoms with Crippen molar-refractivity contribution in [3.05, 3.63) is 22.4 Å². The van der Waals surface area contributed by atoms with Gasteiger partial charge in [0.25, 0.3) is 0 Å². The summed E-state index contributed by atoms with van der Waals surface area (Å²) in [4.78, 5) is 22.3. The Kier molecular flexibility index (Phi) is 4.98. The number of carbonyl (C=O) groups excluding carboxylic acids is 1. The molecule has 1 atom stereocenters. The lowest BCUT2D eigenvalue weighted by atomic mass is 10.1. The standard InChI is InChI=1S/C11H15NO3S/c1-2-3-9(11(14)15)12-10(13)6-8-4-5-16-7-8/h4-5,7,9H,2-3,6H2,1H3,(H,12,13)(H,14,15). The van der Waals surface area contributed by atoms with Crippen molar-refractivity contribution in [1.29, 1.82) is 0 Å². The van der Waals surface area contributed by atoms with Crippen molar-refractivity contribution in [2.45, 2.75) is 32.2 Å². The molecule has 0 saturated carbocycles. The first-order valence-electron chi connectivity index (χ1n) is 5.16. The number of carbonyl (C=O) groups is 2. The van der Waals surface area contributed by atoms with E-state index in [4.69, 9.17) is 5.11 Å². The van der Waals surface area contributed by atoms with Crippen molar-refractivity contribution in [2.24, 2.45) is 0 Å². The Morgan fingerprint density at radius 2 is 2.31 bits per heavy atom. The fourth-order valence-corrected chi connectivity index (χ4v) is 2.04. The van der Waals surface area contributed by atoms with Crippen LogP contribution in [-0.2, 0) is 16.0 Å². The molecule has 1 aromatic rings. The van der Waals surface area contributed by atoms with Crippen LogP contribution in [0, 0.1) is 0 Å². The van der Waals surface area contributed by atoms with E-state index in [0.29, 0.717) is 6.42 Å². The van der Waals surface area contributed by atoms with E-state index < -0.39 is 12.0 Å². The van der Waals surface area contributed by atoms with Gasteiger partial charge in [0.2, 0.25) is 5.91 Å². The first kappa shape index (κ1) is 12.7. The molecule has 0 aliphatic heterocycles. The summed E-state index contributed by atoms with van der Waals surface area (Å²) >= 11 is 1.52. The Hall–Kier alpha value is -1.36. The highest BCUT2D eigenvalue weighted by Gasteiger charge is 2.18. The van der Waals surface area contributed by atoms with E-state index >= 15 is 0 Å². The van der Waals surface area contributed by atoms with Crippen molar-refractivity contribution in [2.75, 3.05) is 0 Å². The lowest BCUT2D eigenvalue weighted by Crippen LogP contribution is -2.41.